The molecule has 1 atom stereocenters. The molecule has 0 aliphatic carbocycles. The molecule has 3 amide bonds. The minimum absolute atomic E-state index is 0.0367. The number of nitrogens with one attached hydrogen (secondary N) is 2. The Hall–Kier alpha value is -3.57. The lowest BCUT2D eigenvalue weighted by atomic mass is 9.79. The SMILES string of the molecule is CC.Cc1ccc(C(F)(F)F)cc1.NCCN(CCN)C(=O)CCC(N)C(=O)NCC(=O)Nc1cc2c(cc1F)B(O)OC2. The molecule has 2 aromatic carbocycles. The summed E-state index contributed by atoms with van der Waals surface area (Å²) >= 11 is 0. The van der Waals surface area contributed by atoms with Crippen LogP contribution in [0.5, 0.6) is 0 Å². The van der Waals surface area contributed by atoms with Gasteiger partial charge in [0.1, 0.15) is 5.82 Å². The van der Waals surface area contributed by atoms with Gasteiger partial charge in [-0.1, -0.05) is 31.5 Å². The number of alkyl halides is 3. The minimum atomic E-state index is -4.21. The zero-order chi connectivity index (χ0) is 33.4. The molecule has 244 valence electrons. The number of fused-ring (bicyclic) bond motifs is 1. The van der Waals surface area contributed by atoms with E-state index in [4.69, 9.17) is 21.9 Å². The molecule has 0 radical (unpaired) electrons. The standard InChI is InChI=1S/C18H28BFN6O5.C8H7F3.C2H6/c20-13-8-12-11(10-31-19(12)30)7-15(13)25-16(27)9-24-18(29)14(23)1-2-17(28)26(5-3-21)6-4-22;1-6-2-4-7(5-3-6)8(9,10)11;1-2/h7-8,14,30H,1-6,9-10,21-23H2,(H,24,29)(H,25,27);2-5H,1H3;1-2H3. The van der Waals surface area contributed by atoms with Gasteiger partial charge in [0.25, 0.3) is 0 Å². The zero-order valence-electron chi connectivity index (χ0n) is 25.0. The molecule has 0 aromatic heterocycles. The van der Waals surface area contributed by atoms with E-state index in [1.54, 1.807) is 6.92 Å². The fourth-order valence-electron chi connectivity index (χ4n) is 3.82. The van der Waals surface area contributed by atoms with Gasteiger partial charge in [-0.25, -0.2) is 4.39 Å². The number of benzene rings is 2. The van der Waals surface area contributed by atoms with Crippen molar-refractivity contribution >= 4 is 36.0 Å². The van der Waals surface area contributed by atoms with Crippen molar-refractivity contribution in [3.63, 3.8) is 0 Å². The van der Waals surface area contributed by atoms with Crippen molar-refractivity contribution in [1.82, 2.24) is 10.2 Å². The highest BCUT2D eigenvalue weighted by Gasteiger charge is 2.30. The number of amides is 3. The van der Waals surface area contributed by atoms with Crippen molar-refractivity contribution in [1.29, 1.82) is 0 Å². The lowest BCUT2D eigenvalue weighted by molar-refractivity contribution is -0.137. The monoisotopic (exact) mass is 628 g/mol. The fourth-order valence-corrected chi connectivity index (χ4v) is 3.82. The van der Waals surface area contributed by atoms with Gasteiger partial charge in [0.05, 0.1) is 30.4 Å². The number of nitrogens with zero attached hydrogens (tertiary/aromatic N) is 1. The third-order valence-electron chi connectivity index (χ3n) is 6.12. The highest BCUT2D eigenvalue weighted by molar-refractivity contribution is 6.61. The average molecular weight is 628 g/mol. The number of nitrogens with two attached hydrogens (primary N) is 3. The zero-order valence-corrected chi connectivity index (χ0v) is 25.0. The van der Waals surface area contributed by atoms with Gasteiger partial charge in [-0.15, -0.1) is 0 Å². The van der Waals surface area contributed by atoms with Crippen LogP contribution in [0.1, 0.15) is 43.4 Å². The van der Waals surface area contributed by atoms with Crippen LogP contribution in [0.2, 0.25) is 0 Å². The summed E-state index contributed by atoms with van der Waals surface area (Å²) in [5, 5.41) is 14.3. The number of carbonyl (C=O) groups is 3. The molecule has 0 saturated carbocycles. The lowest BCUT2D eigenvalue weighted by Gasteiger charge is -2.22. The predicted octanol–water partition coefficient (Wildman–Crippen LogP) is 0.992. The van der Waals surface area contributed by atoms with Crippen LogP contribution in [0.4, 0.5) is 23.2 Å². The van der Waals surface area contributed by atoms with E-state index in [1.807, 2.05) is 13.8 Å². The molecule has 1 heterocycles. The molecular weight excluding hydrogens is 587 g/mol. The molecule has 3 rings (SSSR count). The Morgan fingerprint density at radius 2 is 1.68 bits per heavy atom. The molecule has 44 heavy (non-hydrogen) atoms. The van der Waals surface area contributed by atoms with Crippen LogP contribution < -0.4 is 33.3 Å². The van der Waals surface area contributed by atoms with Crippen LogP contribution in [0.15, 0.2) is 36.4 Å². The number of rotatable bonds is 11. The van der Waals surface area contributed by atoms with E-state index >= 15 is 0 Å². The maximum Gasteiger partial charge on any atom is 0.491 e. The number of halogens is 4. The van der Waals surface area contributed by atoms with Gasteiger partial charge < -0.3 is 42.4 Å². The summed E-state index contributed by atoms with van der Waals surface area (Å²) in [5.74, 6) is -2.22. The molecule has 1 aliphatic rings. The Kier molecular flexibility index (Phi) is 16.6. The first-order valence-corrected chi connectivity index (χ1v) is 14.0. The second-order valence-corrected chi connectivity index (χ2v) is 9.43. The van der Waals surface area contributed by atoms with Crippen LogP contribution >= 0.6 is 0 Å². The number of carbonyl (C=O) groups excluding carboxylic acids is 3. The summed E-state index contributed by atoms with van der Waals surface area (Å²) in [5.41, 5.74) is 17.7. The van der Waals surface area contributed by atoms with E-state index in [9.17, 15) is 37.0 Å². The first kappa shape index (κ1) is 38.5. The van der Waals surface area contributed by atoms with Gasteiger partial charge in [0, 0.05) is 32.6 Å². The lowest BCUT2D eigenvalue weighted by Crippen LogP contribution is -2.45. The first-order valence-electron chi connectivity index (χ1n) is 14.0. The summed E-state index contributed by atoms with van der Waals surface area (Å²) in [6.45, 7) is 6.74. The predicted molar refractivity (Wildman–Crippen MR) is 160 cm³/mol. The normalized spacial score (nSPS) is 12.6. The van der Waals surface area contributed by atoms with Gasteiger partial charge in [0.15, 0.2) is 0 Å². The minimum Gasteiger partial charge on any atom is -0.423 e. The van der Waals surface area contributed by atoms with Gasteiger partial charge in [-0.05, 0) is 48.6 Å². The van der Waals surface area contributed by atoms with E-state index in [0.29, 0.717) is 37.2 Å². The number of hydrogen-bond acceptors (Lipinski definition) is 8. The van der Waals surface area contributed by atoms with Gasteiger partial charge in [-0.3, -0.25) is 14.4 Å². The highest BCUT2D eigenvalue weighted by Crippen LogP contribution is 2.28. The highest BCUT2D eigenvalue weighted by atomic mass is 19.4. The maximum absolute atomic E-state index is 14.1. The van der Waals surface area contributed by atoms with E-state index in [-0.39, 0.29) is 31.0 Å². The summed E-state index contributed by atoms with van der Waals surface area (Å²) < 4.78 is 54.9. The van der Waals surface area contributed by atoms with Gasteiger partial charge in [0.2, 0.25) is 17.7 Å². The van der Waals surface area contributed by atoms with Crippen molar-refractivity contribution in [2.45, 2.75) is 52.4 Å². The molecule has 9 N–H and O–H groups in total. The van der Waals surface area contributed by atoms with Gasteiger partial charge in [-0.2, -0.15) is 13.2 Å². The Labute approximate surface area is 254 Å². The van der Waals surface area contributed by atoms with Crippen LogP contribution in [0.3, 0.4) is 0 Å². The van der Waals surface area contributed by atoms with Crippen LogP contribution in [0.25, 0.3) is 0 Å². The molecule has 2 aromatic rings. The van der Waals surface area contributed by atoms with Crippen LogP contribution in [-0.2, 0) is 31.8 Å². The molecule has 0 saturated heterocycles. The number of anilines is 1. The molecule has 11 nitrogen and oxygen atoms in total. The second kappa shape index (κ2) is 19.0. The molecule has 1 unspecified atom stereocenters. The van der Waals surface area contributed by atoms with E-state index in [2.05, 4.69) is 10.6 Å². The van der Waals surface area contributed by atoms with Crippen molar-refractivity contribution < 1.29 is 41.6 Å². The third-order valence-corrected chi connectivity index (χ3v) is 6.12. The smallest absolute Gasteiger partial charge is 0.423 e. The molecular formula is C28H41BF4N6O5. The summed E-state index contributed by atoms with van der Waals surface area (Å²) in [6.07, 6.45) is -4.09. The Morgan fingerprint density at radius 3 is 2.23 bits per heavy atom. The quantitative estimate of drug-likeness (QED) is 0.157. The largest absolute Gasteiger partial charge is 0.491 e. The van der Waals surface area contributed by atoms with Crippen molar-refractivity contribution in [3.05, 3.63) is 58.9 Å². The number of aryl methyl sites for hydroxylation is 1. The molecule has 16 heteroatoms. The maximum atomic E-state index is 14.1. The Balaban J connectivity index is 0.000000620. The summed E-state index contributed by atoms with van der Waals surface area (Å²) in [7, 11) is -1.19. The van der Waals surface area contributed by atoms with E-state index < -0.39 is 49.1 Å². The van der Waals surface area contributed by atoms with E-state index in [0.717, 1.165) is 23.8 Å². The molecule has 1 aliphatic heterocycles. The van der Waals surface area contributed by atoms with Crippen molar-refractivity contribution in [3.8, 4) is 0 Å². The average Bonchev–Trinajstić information content (AvgIpc) is 3.34. The summed E-state index contributed by atoms with van der Waals surface area (Å²) in [6, 6.07) is 6.51. The molecule has 0 spiro atoms. The first-order chi connectivity index (χ1) is 20.8. The topological polar surface area (TPSA) is 186 Å². The van der Waals surface area contributed by atoms with Gasteiger partial charge >= 0.3 is 13.3 Å². The van der Waals surface area contributed by atoms with Crippen molar-refractivity contribution in [2.24, 2.45) is 17.2 Å². The van der Waals surface area contributed by atoms with E-state index in [1.165, 1.54) is 23.1 Å². The number of hydrogen-bond donors (Lipinski definition) is 6. The van der Waals surface area contributed by atoms with Crippen molar-refractivity contribution in [2.75, 3.05) is 38.0 Å². The third kappa shape index (κ3) is 12.6. The molecule has 0 fully saturated rings. The van der Waals surface area contributed by atoms with Crippen LogP contribution in [0, 0.1) is 12.7 Å². The second-order valence-electron chi connectivity index (χ2n) is 9.43. The molecule has 0 bridgehead atoms. The Morgan fingerprint density at radius 1 is 1.09 bits per heavy atom. The Bertz CT molecular complexity index is 1210. The fraction of sp³-hybridized carbons (Fsp3) is 0.464. The van der Waals surface area contributed by atoms with Crippen LogP contribution in [-0.4, -0.2) is 73.5 Å². The summed E-state index contributed by atoms with van der Waals surface area (Å²) in [4.78, 5) is 37.8.